The molecule has 0 unspecified atom stereocenters. The van der Waals surface area contributed by atoms with Gasteiger partial charge in [0, 0.05) is 26.2 Å². The maximum absolute atomic E-state index is 12.0. The van der Waals surface area contributed by atoms with Crippen molar-refractivity contribution in [1.82, 2.24) is 20.4 Å². The minimum atomic E-state index is -0.112. The van der Waals surface area contributed by atoms with Crippen LogP contribution in [0.1, 0.15) is 21.8 Å². The molecular weight excluding hydrogens is 332 g/mol. The standard InChI is InChI=1S/C16H17ClN4OS/c1-21(2)16(22)12-4-3-11(9-13(12)17)15-20-19-14(23-15)10-5-7-18-8-6-10/h3-5,9,18H,6-8H2,1-2H3. The highest BCUT2D eigenvalue weighted by molar-refractivity contribution is 7.15. The first kappa shape index (κ1) is 16.1. The van der Waals surface area contributed by atoms with Crippen LogP contribution in [0.5, 0.6) is 0 Å². The molecular formula is C16H17ClN4OS. The molecule has 0 aliphatic carbocycles. The van der Waals surface area contributed by atoms with Crippen molar-refractivity contribution in [2.75, 3.05) is 27.2 Å². The summed E-state index contributed by atoms with van der Waals surface area (Å²) in [6.07, 6.45) is 3.12. The molecule has 5 nitrogen and oxygen atoms in total. The summed E-state index contributed by atoms with van der Waals surface area (Å²) in [5.41, 5.74) is 2.60. The van der Waals surface area contributed by atoms with Crippen molar-refractivity contribution in [2.24, 2.45) is 0 Å². The normalized spacial score (nSPS) is 14.5. The molecule has 3 rings (SSSR count). The van der Waals surface area contributed by atoms with Crippen molar-refractivity contribution in [3.8, 4) is 10.6 Å². The Bertz CT molecular complexity index is 769. The van der Waals surface area contributed by atoms with Crippen LogP contribution in [0.25, 0.3) is 16.1 Å². The quantitative estimate of drug-likeness (QED) is 0.926. The molecule has 0 fully saturated rings. The molecule has 0 spiro atoms. The predicted molar refractivity (Wildman–Crippen MR) is 93.8 cm³/mol. The molecule has 0 atom stereocenters. The summed E-state index contributed by atoms with van der Waals surface area (Å²) in [5.74, 6) is -0.112. The van der Waals surface area contributed by atoms with Gasteiger partial charge >= 0.3 is 0 Å². The number of aromatic nitrogens is 2. The first-order valence-electron chi connectivity index (χ1n) is 7.31. The van der Waals surface area contributed by atoms with Crippen LogP contribution in [-0.2, 0) is 0 Å². The molecule has 0 bridgehead atoms. The molecule has 1 aliphatic heterocycles. The third-order valence-electron chi connectivity index (χ3n) is 3.62. The molecule has 2 aromatic rings. The molecule has 120 valence electrons. The van der Waals surface area contributed by atoms with E-state index in [-0.39, 0.29) is 5.91 Å². The van der Waals surface area contributed by atoms with Crippen LogP contribution >= 0.6 is 22.9 Å². The number of nitrogens with zero attached hydrogens (tertiary/aromatic N) is 3. The fraction of sp³-hybridized carbons (Fsp3) is 0.312. The second-order valence-corrected chi connectivity index (χ2v) is 6.87. The Morgan fingerprint density at radius 1 is 1.30 bits per heavy atom. The van der Waals surface area contributed by atoms with Gasteiger partial charge in [0.1, 0.15) is 10.0 Å². The lowest BCUT2D eigenvalue weighted by Gasteiger charge is -2.12. The minimum Gasteiger partial charge on any atom is -0.345 e. The van der Waals surface area contributed by atoms with E-state index in [9.17, 15) is 4.79 Å². The van der Waals surface area contributed by atoms with E-state index in [1.54, 1.807) is 37.6 Å². The summed E-state index contributed by atoms with van der Waals surface area (Å²) < 4.78 is 0. The monoisotopic (exact) mass is 348 g/mol. The Kier molecular flexibility index (Phi) is 4.75. The highest BCUT2D eigenvalue weighted by atomic mass is 35.5. The minimum absolute atomic E-state index is 0.112. The average molecular weight is 349 g/mol. The molecule has 2 heterocycles. The maximum atomic E-state index is 12.0. The first-order valence-corrected chi connectivity index (χ1v) is 8.51. The zero-order valence-electron chi connectivity index (χ0n) is 13.0. The van der Waals surface area contributed by atoms with Gasteiger partial charge in [0.15, 0.2) is 0 Å². The van der Waals surface area contributed by atoms with Crippen LogP contribution in [0.4, 0.5) is 0 Å². The third-order valence-corrected chi connectivity index (χ3v) is 4.98. The van der Waals surface area contributed by atoms with E-state index < -0.39 is 0 Å². The van der Waals surface area contributed by atoms with E-state index in [0.29, 0.717) is 10.6 Å². The molecule has 1 aromatic carbocycles. The number of halogens is 1. The van der Waals surface area contributed by atoms with Gasteiger partial charge in [-0.1, -0.05) is 35.1 Å². The summed E-state index contributed by atoms with van der Waals surface area (Å²) in [7, 11) is 3.41. The number of hydrogen-bond acceptors (Lipinski definition) is 5. The summed E-state index contributed by atoms with van der Waals surface area (Å²) in [5, 5.41) is 14.0. The van der Waals surface area contributed by atoms with Crippen LogP contribution in [0, 0.1) is 0 Å². The molecule has 7 heteroatoms. The fourth-order valence-electron chi connectivity index (χ4n) is 2.35. The van der Waals surface area contributed by atoms with Gasteiger partial charge in [-0.15, -0.1) is 10.2 Å². The molecule has 23 heavy (non-hydrogen) atoms. The van der Waals surface area contributed by atoms with Crippen molar-refractivity contribution in [2.45, 2.75) is 6.42 Å². The zero-order valence-corrected chi connectivity index (χ0v) is 14.5. The maximum Gasteiger partial charge on any atom is 0.254 e. The predicted octanol–water partition coefficient (Wildman–Crippen LogP) is 2.94. The van der Waals surface area contributed by atoms with Crippen molar-refractivity contribution in [1.29, 1.82) is 0 Å². The van der Waals surface area contributed by atoms with E-state index in [0.717, 1.165) is 35.1 Å². The van der Waals surface area contributed by atoms with Crippen LogP contribution < -0.4 is 5.32 Å². The van der Waals surface area contributed by atoms with E-state index in [1.807, 2.05) is 6.07 Å². The van der Waals surface area contributed by atoms with Crippen molar-refractivity contribution in [3.63, 3.8) is 0 Å². The highest BCUT2D eigenvalue weighted by Crippen LogP contribution is 2.31. The van der Waals surface area contributed by atoms with Gasteiger partial charge in [-0.2, -0.15) is 0 Å². The van der Waals surface area contributed by atoms with Gasteiger partial charge in [0.2, 0.25) is 0 Å². The van der Waals surface area contributed by atoms with Crippen molar-refractivity contribution >= 4 is 34.4 Å². The molecule has 0 saturated heterocycles. The van der Waals surface area contributed by atoms with Crippen LogP contribution in [0.2, 0.25) is 5.02 Å². The number of rotatable bonds is 3. The Hall–Kier alpha value is -1.76. The number of hydrogen-bond donors (Lipinski definition) is 1. The number of carbonyl (C=O) groups is 1. The topological polar surface area (TPSA) is 58.1 Å². The first-order chi connectivity index (χ1) is 11.1. The summed E-state index contributed by atoms with van der Waals surface area (Å²) >= 11 is 7.81. The van der Waals surface area contributed by atoms with E-state index >= 15 is 0 Å². The Morgan fingerprint density at radius 3 is 2.74 bits per heavy atom. The van der Waals surface area contributed by atoms with E-state index in [4.69, 9.17) is 11.6 Å². The highest BCUT2D eigenvalue weighted by Gasteiger charge is 2.16. The SMILES string of the molecule is CN(C)C(=O)c1ccc(-c2nnc(C3=CCNCC3)s2)cc1Cl. The number of carbonyl (C=O) groups excluding carboxylic acids is 1. The third kappa shape index (κ3) is 3.44. The Balaban J connectivity index is 1.88. The lowest BCUT2D eigenvalue weighted by Crippen LogP contribution is -2.21. The van der Waals surface area contributed by atoms with Crippen molar-refractivity contribution in [3.05, 3.63) is 39.9 Å². The molecule has 0 saturated carbocycles. The summed E-state index contributed by atoms with van der Waals surface area (Å²) in [6, 6.07) is 5.38. The molecule has 1 N–H and O–H groups in total. The van der Waals surface area contributed by atoms with Gasteiger partial charge in [-0.05, 0) is 30.7 Å². The lowest BCUT2D eigenvalue weighted by atomic mass is 10.1. The van der Waals surface area contributed by atoms with Crippen LogP contribution in [0.15, 0.2) is 24.3 Å². The molecule has 1 aromatic heterocycles. The smallest absolute Gasteiger partial charge is 0.254 e. The van der Waals surface area contributed by atoms with E-state index in [2.05, 4.69) is 21.6 Å². The average Bonchev–Trinajstić information content (AvgIpc) is 3.05. The summed E-state index contributed by atoms with van der Waals surface area (Å²) in [4.78, 5) is 13.5. The molecule has 0 radical (unpaired) electrons. The van der Waals surface area contributed by atoms with E-state index in [1.165, 1.54) is 10.5 Å². The van der Waals surface area contributed by atoms with Gasteiger partial charge in [0.25, 0.3) is 5.91 Å². The number of nitrogens with one attached hydrogen (secondary N) is 1. The van der Waals surface area contributed by atoms with Crippen LogP contribution in [0.3, 0.4) is 0 Å². The fourth-order valence-corrected chi connectivity index (χ4v) is 3.52. The number of benzene rings is 1. The van der Waals surface area contributed by atoms with Gasteiger partial charge < -0.3 is 10.2 Å². The summed E-state index contributed by atoms with van der Waals surface area (Å²) in [6.45, 7) is 1.84. The largest absolute Gasteiger partial charge is 0.345 e. The van der Waals surface area contributed by atoms with Gasteiger partial charge in [0.05, 0.1) is 10.6 Å². The van der Waals surface area contributed by atoms with Gasteiger partial charge in [-0.25, -0.2) is 0 Å². The second-order valence-electron chi connectivity index (χ2n) is 5.49. The van der Waals surface area contributed by atoms with Gasteiger partial charge in [-0.3, -0.25) is 4.79 Å². The Labute approximate surface area is 144 Å². The second kappa shape index (κ2) is 6.78. The van der Waals surface area contributed by atoms with Crippen LogP contribution in [-0.4, -0.2) is 48.2 Å². The molecule has 1 amide bonds. The Morgan fingerprint density at radius 2 is 2.09 bits per heavy atom. The van der Waals surface area contributed by atoms with Crippen molar-refractivity contribution < 1.29 is 4.79 Å². The molecule has 1 aliphatic rings. The number of amides is 1. The lowest BCUT2D eigenvalue weighted by molar-refractivity contribution is 0.0828. The zero-order chi connectivity index (χ0) is 16.4.